The molecule has 1 aliphatic rings. The first-order valence-corrected chi connectivity index (χ1v) is 9.65. The van der Waals surface area contributed by atoms with Gasteiger partial charge in [0.05, 0.1) is 26.2 Å². The summed E-state index contributed by atoms with van der Waals surface area (Å²) in [5, 5.41) is 3.86. The van der Waals surface area contributed by atoms with Gasteiger partial charge in [0.15, 0.2) is 6.54 Å². The first-order chi connectivity index (χ1) is 12.6. The van der Waals surface area contributed by atoms with Gasteiger partial charge in [-0.2, -0.15) is 0 Å². The third-order valence-corrected chi connectivity index (χ3v) is 5.26. The largest absolute Gasteiger partial charge is 0.360 e. The molecular formula is C21H27ClN3O+. The molecule has 0 aromatic heterocycles. The Bertz CT molecular complexity index is 714. The fraction of sp³-hybridized carbons (Fsp3) is 0.381. The molecule has 1 fully saturated rings. The highest BCUT2D eigenvalue weighted by atomic mass is 35.5. The molecule has 1 amide bonds. The maximum Gasteiger partial charge on any atom is 0.275 e. The predicted molar refractivity (Wildman–Crippen MR) is 107 cm³/mol. The summed E-state index contributed by atoms with van der Waals surface area (Å²) in [5.41, 5.74) is 2.42. The van der Waals surface area contributed by atoms with E-state index in [4.69, 9.17) is 11.6 Å². The third kappa shape index (κ3) is 5.23. The second-order valence-electron chi connectivity index (χ2n) is 7.01. The monoisotopic (exact) mass is 372 g/mol. The molecule has 138 valence electrons. The second-order valence-corrected chi connectivity index (χ2v) is 7.45. The van der Waals surface area contributed by atoms with Crippen molar-refractivity contribution in [2.75, 3.05) is 44.2 Å². The highest BCUT2D eigenvalue weighted by Gasteiger charge is 2.22. The molecule has 3 rings (SSSR count). The molecule has 4 nitrogen and oxygen atoms in total. The standard InChI is InChI=1S/C21H26ClN3O/c1-17(18-6-3-2-4-7-18)15-23-21(26)16-24-10-12-25(13-11-24)20-9-5-8-19(22)14-20/h2-9,14,17H,10-13,15-16H2,1H3,(H,23,26)/p+1/t17-/m1/s1. The maximum absolute atomic E-state index is 12.3. The van der Waals surface area contributed by atoms with Crippen molar-refractivity contribution in [3.05, 3.63) is 65.2 Å². The van der Waals surface area contributed by atoms with Crippen LogP contribution in [0.1, 0.15) is 18.4 Å². The molecule has 0 spiro atoms. The van der Waals surface area contributed by atoms with E-state index in [2.05, 4.69) is 35.3 Å². The van der Waals surface area contributed by atoms with Gasteiger partial charge in [0.2, 0.25) is 0 Å². The van der Waals surface area contributed by atoms with Crippen LogP contribution in [0.15, 0.2) is 54.6 Å². The van der Waals surface area contributed by atoms with E-state index in [1.807, 2.05) is 36.4 Å². The van der Waals surface area contributed by atoms with E-state index >= 15 is 0 Å². The summed E-state index contributed by atoms with van der Waals surface area (Å²) in [4.78, 5) is 16.0. The summed E-state index contributed by atoms with van der Waals surface area (Å²) in [6, 6.07) is 18.3. The topological polar surface area (TPSA) is 36.8 Å². The van der Waals surface area contributed by atoms with Crippen molar-refractivity contribution in [1.82, 2.24) is 5.32 Å². The number of hydrogen-bond acceptors (Lipinski definition) is 2. The molecular weight excluding hydrogens is 346 g/mol. The van der Waals surface area contributed by atoms with E-state index in [1.54, 1.807) is 0 Å². The van der Waals surface area contributed by atoms with E-state index < -0.39 is 0 Å². The molecule has 1 heterocycles. The summed E-state index contributed by atoms with van der Waals surface area (Å²) >= 11 is 6.08. The van der Waals surface area contributed by atoms with E-state index in [-0.39, 0.29) is 5.91 Å². The van der Waals surface area contributed by atoms with Crippen molar-refractivity contribution in [1.29, 1.82) is 0 Å². The van der Waals surface area contributed by atoms with Crippen molar-refractivity contribution >= 4 is 23.2 Å². The van der Waals surface area contributed by atoms with Crippen LogP contribution in [0.2, 0.25) is 5.02 Å². The summed E-state index contributed by atoms with van der Waals surface area (Å²) in [6.07, 6.45) is 0. The van der Waals surface area contributed by atoms with Crippen LogP contribution in [0.4, 0.5) is 5.69 Å². The Balaban J connectivity index is 1.41. The SMILES string of the molecule is C[C@H](CNC(=O)C[NH+]1CCN(c2cccc(Cl)c2)CC1)c1ccccc1. The number of anilines is 1. The van der Waals surface area contributed by atoms with Crippen molar-refractivity contribution in [2.45, 2.75) is 12.8 Å². The number of piperazine rings is 1. The van der Waals surface area contributed by atoms with Crippen LogP contribution >= 0.6 is 11.6 Å². The van der Waals surface area contributed by atoms with Crippen LogP contribution < -0.4 is 15.1 Å². The summed E-state index contributed by atoms with van der Waals surface area (Å²) in [7, 11) is 0. The Labute approximate surface area is 160 Å². The molecule has 26 heavy (non-hydrogen) atoms. The first-order valence-electron chi connectivity index (χ1n) is 9.27. The van der Waals surface area contributed by atoms with Crippen LogP contribution in [0.25, 0.3) is 0 Å². The van der Waals surface area contributed by atoms with Gasteiger partial charge in [-0.15, -0.1) is 0 Å². The average molecular weight is 373 g/mol. The lowest BCUT2D eigenvalue weighted by molar-refractivity contribution is -0.892. The molecule has 2 N–H and O–H groups in total. The number of quaternary nitrogens is 1. The first kappa shape index (κ1) is 18.7. The number of amides is 1. The van der Waals surface area contributed by atoms with Crippen molar-refractivity contribution in [3.63, 3.8) is 0 Å². The molecule has 1 aliphatic heterocycles. The predicted octanol–water partition coefficient (Wildman–Crippen LogP) is 1.96. The van der Waals surface area contributed by atoms with Crippen molar-refractivity contribution in [3.8, 4) is 0 Å². The lowest BCUT2D eigenvalue weighted by Crippen LogP contribution is -3.16. The van der Waals surface area contributed by atoms with Crippen molar-refractivity contribution in [2.24, 2.45) is 0 Å². The highest BCUT2D eigenvalue weighted by molar-refractivity contribution is 6.30. The quantitative estimate of drug-likeness (QED) is 0.813. The fourth-order valence-electron chi connectivity index (χ4n) is 3.39. The number of nitrogens with zero attached hydrogens (tertiary/aromatic N) is 1. The van der Waals surface area contributed by atoms with Gasteiger partial charge in [-0.05, 0) is 29.7 Å². The minimum atomic E-state index is 0.138. The Kier molecular flexibility index (Phi) is 6.53. The van der Waals surface area contributed by atoms with E-state index in [0.717, 1.165) is 36.9 Å². The Morgan fingerprint density at radius 2 is 1.88 bits per heavy atom. The number of hydrogen-bond donors (Lipinski definition) is 2. The van der Waals surface area contributed by atoms with Gasteiger partial charge in [0, 0.05) is 17.3 Å². The highest BCUT2D eigenvalue weighted by Crippen LogP contribution is 2.19. The number of halogens is 1. The molecule has 5 heteroatoms. The minimum absolute atomic E-state index is 0.138. The number of benzene rings is 2. The smallest absolute Gasteiger partial charge is 0.275 e. The Hall–Kier alpha value is -2.04. The number of rotatable bonds is 6. The van der Waals surface area contributed by atoms with Gasteiger partial charge in [0.1, 0.15) is 0 Å². The van der Waals surface area contributed by atoms with Gasteiger partial charge in [-0.1, -0.05) is 54.9 Å². The van der Waals surface area contributed by atoms with E-state index in [1.165, 1.54) is 10.5 Å². The molecule has 1 saturated heterocycles. The zero-order valence-corrected chi connectivity index (χ0v) is 16.0. The van der Waals surface area contributed by atoms with Crippen LogP contribution in [0.3, 0.4) is 0 Å². The van der Waals surface area contributed by atoms with Gasteiger partial charge in [0.25, 0.3) is 5.91 Å². The Morgan fingerprint density at radius 1 is 1.15 bits per heavy atom. The molecule has 0 aliphatic carbocycles. The molecule has 0 radical (unpaired) electrons. The van der Waals surface area contributed by atoms with Gasteiger partial charge in [-0.3, -0.25) is 4.79 Å². The zero-order chi connectivity index (χ0) is 18.4. The van der Waals surface area contributed by atoms with E-state index in [0.29, 0.717) is 19.0 Å². The summed E-state index contributed by atoms with van der Waals surface area (Å²) < 4.78 is 0. The van der Waals surface area contributed by atoms with E-state index in [9.17, 15) is 4.79 Å². The molecule has 2 aromatic carbocycles. The third-order valence-electron chi connectivity index (χ3n) is 5.03. The number of nitrogens with one attached hydrogen (secondary N) is 2. The number of carbonyl (C=O) groups is 1. The Morgan fingerprint density at radius 3 is 2.58 bits per heavy atom. The molecule has 2 aromatic rings. The average Bonchev–Trinajstić information content (AvgIpc) is 2.67. The minimum Gasteiger partial charge on any atom is -0.360 e. The molecule has 1 atom stereocenters. The van der Waals surface area contributed by atoms with Crippen LogP contribution in [-0.2, 0) is 4.79 Å². The fourth-order valence-corrected chi connectivity index (χ4v) is 3.57. The molecule has 0 bridgehead atoms. The van der Waals surface area contributed by atoms with Crippen LogP contribution in [0, 0.1) is 0 Å². The zero-order valence-electron chi connectivity index (χ0n) is 15.2. The molecule has 0 unspecified atom stereocenters. The lowest BCUT2D eigenvalue weighted by Gasteiger charge is -2.33. The molecule has 0 saturated carbocycles. The summed E-state index contributed by atoms with van der Waals surface area (Å²) in [5.74, 6) is 0.466. The second kappa shape index (κ2) is 9.06. The lowest BCUT2D eigenvalue weighted by atomic mass is 10.0. The summed E-state index contributed by atoms with van der Waals surface area (Å²) in [6.45, 7) is 7.21. The van der Waals surface area contributed by atoms with Gasteiger partial charge < -0.3 is 15.1 Å². The normalized spacial score (nSPS) is 16.3. The van der Waals surface area contributed by atoms with Gasteiger partial charge in [-0.25, -0.2) is 0 Å². The van der Waals surface area contributed by atoms with Crippen LogP contribution in [0.5, 0.6) is 0 Å². The number of carbonyl (C=O) groups excluding carboxylic acids is 1. The van der Waals surface area contributed by atoms with Crippen molar-refractivity contribution < 1.29 is 9.69 Å². The van der Waals surface area contributed by atoms with Crippen LogP contribution in [-0.4, -0.2) is 45.2 Å². The maximum atomic E-state index is 12.3. The van der Waals surface area contributed by atoms with Gasteiger partial charge >= 0.3 is 0 Å².